The molecule has 2 N–H and O–H groups in total. The predicted molar refractivity (Wildman–Crippen MR) is 133 cm³/mol. The molecule has 9 nitrogen and oxygen atoms in total. The van der Waals surface area contributed by atoms with Gasteiger partial charge in [-0.1, -0.05) is 67.9 Å². The Morgan fingerprint density at radius 1 is 0.629 bits per heavy atom. The van der Waals surface area contributed by atoms with Crippen LogP contribution in [-0.2, 0) is 18.4 Å². The van der Waals surface area contributed by atoms with Crippen LogP contribution in [0.25, 0.3) is 0 Å². The second kappa shape index (κ2) is 15.4. The first kappa shape index (κ1) is 28.6. The van der Waals surface area contributed by atoms with E-state index in [2.05, 4.69) is 4.52 Å². The molecule has 0 aliphatic carbocycles. The summed E-state index contributed by atoms with van der Waals surface area (Å²) in [4.78, 5) is 16.5. The summed E-state index contributed by atoms with van der Waals surface area (Å²) in [6.07, 6.45) is 2.00. The van der Waals surface area contributed by atoms with Gasteiger partial charge in [0.2, 0.25) is 0 Å². The third-order valence-corrected chi connectivity index (χ3v) is 5.83. The largest absolute Gasteiger partial charge is 0.647 e. The molecule has 3 aromatic rings. The molecule has 11 heteroatoms. The molecule has 0 atom stereocenters. The molecule has 0 saturated carbocycles. The Hall–Kier alpha value is -2.64. The Morgan fingerprint density at radius 3 is 1.37 bits per heavy atom. The second-order valence-electron chi connectivity index (χ2n) is 6.95. The number of phosphoric ester groups is 2. The summed E-state index contributed by atoms with van der Waals surface area (Å²) in [7, 11) is -8.19. The maximum absolute atomic E-state index is 13.1. The average molecular weight is 524 g/mol. The number of ether oxygens (including phenoxy) is 1. The molecule has 0 amide bonds. The van der Waals surface area contributed by atoms with Crippen molar-refractivity contribution in [3.8, 4) is 17.2 Å². The minimum atomic E-state index is -4.30. The topological polar surface area (TPSA) is 121 Å². The number of benzene rings is 3. The highest BCUT2D eigenvalue weighted by molar-refractivity contribution is 7.49. The van der Waals surface area contributed by atoms with E-state index < -0.39 is 15.6 Å². The van der Waals surface area contributed by atoms with Gasteiger partial charge >= 0.3 is 15.6 Å². The second-order valence-corrected chi connectivity index (χ2v) is 9.63. The molecule has 35 heavy (non-hydrogen) atoms. The predicted octanol–water partition coefficient (Wildman–Crippen LogP) is 6.24. The van der Waals surface area contributed by atoms with Crippen LogP contribution >= 0.6 is 15.6 Å². The van der Waals surface area contributed by atoms with Crippen LogP contribution in [0.2, 0.25) is 0 Å². The Kier molecular flexibility index (Phi) is 12.6. The highest BCUT2D eigenvalue weighted by Crippen LogP contribution is 2.49. The van der Waals surface area contributed by atoms with Crippen molar-refractivity contribution in [1.29, 1.82) is 0 Å². The first-order valence-corrected chi connectivity index (χ1v) is 13.9. The first-order valence-electron chi connectivity index (χ1n) is 10.9. The van der Waals surface area contributed by atoms with E-state index in [1.54, 1.807) is 72.8 Å². The fourth-order valence-corrected chi connectivity index (χ4v) is 4.01. The van der Waals surface area contributed by atoms with Crippen molar-refractivity contribution in [2.45, 2.75) is 19.8 Å². The molecule has 0 fully saturated rings. The highest BCUT2D eigenvalue weighted by Gasteiger charge is 2.33. The van der Waals surface area contributed by atoms with Gasteiger partial charge in [-0.2, -0.15) is 4.57 Å². The van der Waals surface area contributed by atoms with Crippen LogP contribution in [0.4, 0.5) is 0 Å². The van der Waals surface area contributed by atoms with Gasteiger partial charge in [0, 0.05) is 6.61 Å². The minimum absolute atomic E-state index is 0.0615. The lowest BCUT2D eigenvalue weighted by Gasteiger charge is -2.19. The molecule has 0 aromatic heterocycles. The Morgan fingerprint density at radius 2 is 1.03 bits per heavy atom. The van der Waals surface area contributed by atoms with Crippen LogP contribution in [0.3, 0.4) is 0 Å². The van der Waals surface area contributed by atoms with E-state index in [0.29, 0.717) is 23.9 Å². The van der Waals surface area contributed by atoms with Crippen LogP contribution in [0.1, 0.15) is 19.8 Å². The fourth-order valence-electron chi connectivity index (χ4n) is 2.45. The van der Waals surface area contributed by atoms with Crippen molar-refractivity contribution in [3.63, 3.8) is 0 Å². The van der Waals surface area contributed by atoms with E-state index in [1.807, 2.05) is 25.1 Å². The summed E-state index contributed by atoms with van der Waals surface area (Å²) >= 11 is 0. The van der Waals surface area contributed by atoms with E-state index in [0.717, 1.165) is 12.8 Å². The van der Waals surface area contributed by atoms with Crippen molar-refractivity contribution < 1.29 is 41.7 Å². The summed E-state index contributed by atoms with van der Waals surface area (Å²) in [5.41, 5.74) is 0. The standard InChI is InChI=1S/C18H15O4P.C6H15O5P/c19-23(20-16-10-4-1-5-11-16,21-17-12-6-2-7-13-17)22-18-14-8-3-9-15-18;1-2-3-4-10-5-6-11-12(7,8)9/h1-15H;2-6H2,1H3,(H2,7,8,9). The fraction of sp³-hybridized carbons (Fsp3) is 0.250. The molecule has 0 aliphatic rings. The Labute approximate surface area is 205 Å². The number of phosphoric acid groups is 2. The molecule has 190 valence electrons. The van der Waals surface area contributed by atoms with Crippen molar-refractivity contribution in [2.24, 2.45) is 0 Å². The van der Waals surface area contributed by atoms with Crippen molar-refractivity contribution in [1.82, 2.24) is 0 Å². The maximum Gasteiger partial charge on any atom is 0.647 e. The van der Waals surface area contributed by atoms with E-state index in [4.69, 9.17) is 28.1 Å². The van der Waals surface area contributed by atoms with Crippen LogP contribution in [0.15, 0.2) is 91.0 Å². The van der Waals surface area contributed by atoms with Crippen LogP contribution in [0, 0.1) is 0 Å². The summed E-state index contributed by atoms with van der Waals surface area (Å²) < 4.78 is 48.9. The molecule has 0 saturated heterocycles. The van der Waals surface area contributed by atoms with E-state index >= 15 is 0 Å². The maximum atomic E-state index is 13.1. The molecule has 0 aliphatic heterocycles. The monoisotopic (exact) mass is 524 g/mol. The van der Waals surface area contributed by atoms with Gasteiger partial charge in [0.05, 0.1) is 13.2 Å². The van der Waals surface area contributed by atoms with Gasteiger partial charge in [0.1, 0.15) is 17.2 Å². The number of rotatable bonds is 13. The highest BCUT2D eigenvalue weighted by atomic mass is 31.2. The Bertz CT molecular complexity index is 936. The molecular formula is C24H30O9P2. The Balaban J connectivity index is 0.000000307. The van der Waals surface area contributed by atoms with Gasteiger partial charge in [0.15, 0.2) is 0 Å². The van der Waals surface area contributed by atoms with E-state index in [-0.39, 0.29) is 13.2 Å². The first-order chi connectivity index (χ1) is 16.8. The van der Waals surface area contributed by atoms with Gasteiger partial charge in [-0.15, -0.1) is 0 Å². The minimum Gasteiger partial charge on any atom is -0.386 e. The van der Waals surface area contributed by atoms with Gasteiger partial charge in [-0.3, -0.25) is 4.52 Å². The molecule has 0 radical (unpaired) electrons. The zero-order valence-corrected chi connectivity index (χ0v) is 21.1. The lowest BCUT2D eigenvalue weighted by molar-refractivity contribution is 0.0839. The van der Waals surface area contributed by atoms with Gasteiger partial charge in [0.25, 0.3) is 0 Å². The van der Waals surface area contributed by atoms with Crippen molar-refractivity contribution in [2.75, 3.05) is 19.8 Å². The summed E-state index contributed by atoms with van der Waals surface area (Å²) in [5, 5.41) is 0. The van der Waals surface area contributed by atoms with E-state index in [1.165, 1.54) is 0 Å². The lowest BCUT2D eigenvalue weighted by atomic mass is 10.3. The third-order valence-electron chi connectivity index (χ3n) is 4.01. The molecule has 0 heterocycles. The zero-order chi connectivity index (χ0) is 25.4. The van der Waals surface area contributed by atoms with Crippen molar-refractivity contribution in [3.05, 3.63) is 91.0 Å². The number of unbranched alkanes of at least 4 members (excludes halogenated alkanes) is 1. The molecule has 0 bridgehead atoms. The number of para-hydroxylation sites is 3. The molecule has 3 rings (SSSR count). The van der Waals surface area contributed by atoms with Crippen molar-refractivity contribution >= 4 is 15.6 Å². The number of hydrogen-bond acceptors (Lipinski definition) is 7. The smallest absolute Gasteiger partial charge is 0.386 e. The summed E-state index contributed by atoms with van der Waals surface area (Å²) in [6, 6.07) is 26.4. The summed E-state index contributed by atoms with van der Waals surface area (Å²) in [5.74, 6) is 1.22. The van der Waals surface area contributed by atoms with E-state index in [9.17, 15) is 9.13 Å². The van der Waals surface area contributed by atoms with Gasteiger partial charge in [-0.05, 0) is 42.8 Å². The van der Waals surface area contributed by atoms with Gasteiger partial charge < -0.3 is 28.1 Å². The summed E-state index contributed by atoms with van der Waals surface area (Å²) in [6.45, 7) is 2.82. The average Bonchev–Trinajstić information content (AvgIpc) is 2.83. The van der Waals surface area contributed by atoms with Crippen LogP contribution in [-0.4, -0.2) is 29.6 Å². The van der Waals surface area contributed by atoms with Crippen LogP contribution < -0.4 is 13.6 Å². The molecule has 0 spiro atoms. The molecule has 3 aromatic carbocycles. The quantitative estimate of drug-likeness (QED) is 0.198. The zero-order valence-electron chi connectivity index (χ0n) is 19.3. The van der Waals surface area contributed by atoms with Gasteiger partial charge in [-0.25, -0.2) is 4.57 Å². The normalized spacial score (nSPS) is 11.2. The third kappa shape index (κ3) is 13.1. The SMILES string of the molecule is CCCCOCCOP(=O)(O)O.O=P(Oc1ccccc1)(Oc1ccccc1)Oc1ccccc1. The van der Waals surface area contributed by atoms with Crippen LogP contribution in [0.5, 0.6) is 17.2 Å². The lowest BCUT2D eigenvalue weighted by Crippen LogP contribution is -2.07. The number of hydrogen-bond donors (Lipinski definition) is 2. The molecule has 0 unspecified atom stereocenters. The molecular weight excluding hydrogens is 494 g/mol.